The number of aromatic nitrogens is 1. The molecular formula is C18H18N2O3S. The topological polar surface area (TPSA) is 70.5 Å². The van der Waals surface area contributed by atoms with Gasteiger partial charge in [-0.25, -0.2) is 8.42 Å². The summed E-state index contributed by atoms with van der Waals surface area (Å²) in [5.74, 6) is 0. The molecule has 2 aromatic carbocycles. The van der Waals surface area contributed by atoms with E-state index in [2.05, 4.69) is 4.98 Å². The molecule has 5 nitrogen and oxygen atoms in total. The van der Waals surface area contributed by atoms with Gasteiger partial charge < -0.3 is 5.11 Å². The van der Waals surface area contributed by atoms with E-state index in [-0.39, 0.29) is 11.4 Å². The zero-order chi connectivity index (χ0) is 17.2. The molecule has 3 rings (SSSR count). The van der Waals surface area contributed by atoms with Crippen molar-refractivity contribution in [3.8, 4) is 0 Å². The number of aliphatic hydroxyl groups is 1. The molecule has 0 amide bonds. The predicted octanol–water partition coefficient (Wildman–Crippen LogP) is 2.81. The van der Waals surface area contributed by atoms with E-state index in [0.29, 0.717) is 16.6 Å². The molecule has 0 saturated heterocycles. The van der Waals surface area contributed by atoms with Gasteiger partial charge in [-0.1, -0.05) is 24.3 Å². The van der Waals surface area contributed by atoms with Crippen LogP contribution in [-0.2, 0) is 10.0 Å². The standard InChI is InChI=1S/C18H18N2O3S/c1-14(21)13-20(15-7-3-2-4-8-15)24(22,23)18-11-5-10-17-16(18)9-6-12-19-17/h2-12,14,21H,13H2,1H3/t14-/m0/s1. The van der Waals surface area contributed by atoms with E-state index in [0.717, 1.165) is 0 Å². The number of rotatable bonds is 5. The van der Waals surface area contributed by atoms with Crippen molar-refractivity contribution in [2.75, 3.05) is 10.8 Å². The zero-order valence-corrected chi connectivity index (χ0v) is 14.0. The van der Waals surface area contributed by atoms with Crippen molar-refractivity contribution in [2.45, 2.75) is 17.9 Å². The average Bonchev–Trinajstić information content (AvgIpc) is 2.59. The van der Waals surface area contributed by atoms with Crippen molar-refractivity contribution in [3.05, 3.63) is 66.9 Å². The first-order valence-electron chi connectivity index (χ1n) is 7.60. The van der Waals surface area contributed by atoms with Gasteiger partial charge in [-0.3, -0.25) is 9.29 Å². The van der Waals surface area contributed by atoms with Crippen LogP contribution in [-0.4, -0.2) is 31.2 Å². The van der Waals surface area contributed by atoms with Crippen LogP contribution in [0.2, 0.25) is 0 Å². The molecule has 0 bridgehead atoms. The number of anilines is 1. The van der Waals surface area contributed by atoms with Gasteiger partial charge in [0.05, 0.1) is 28.7 Å². The molecule has 1 N–H and O–H groups in total. The molecule has 0 aliphatic heterocycles. The second-order valence-electron chi connectivity index (χ2n) is 5.55. The van der Waals surface area contributed by atoms with Gasteiger partial charge in [-0.05, 0) is 43.3 Å². The van der Waals surface area contributed by atoms with Gasteiger partial charge in [0.1, 0.15) is 0 Å². The first-order chi connectivity index (χ1) is 11.5. The van der Waals surface area contributed by atoms with E-state index in [9.17, 15) is 13.5 Å². The van der Waals surface area contributed by atoms with E-state index >= 15 is 0 Å². The van der Waals surface area contributed by atoms with Crippen LogP contribution in [0, 0.1) is 0 Å². The van der Waals surface area contributed by atoms with Crippen LogP contribution in [0.15, 0.2) is 71.8 Å². The number of para-hydroxylation sites is 1. The zero-order valence-electron chi connectivity index (χ0n) is 13.2. The summed E-state index contributed by atoms with van der Waals surface area (Å²) in [7, 11) is -3.84. The number of aliphatic hydroxyl groups excluding tert-OH is 1. The molecule has 0 spiro atoms. The Balaban J connectivity index is 2.18. The third-order valence-corrected chi connectivity index (χ3v) is 5.50. The van der Waals surface area contributed by atoms with Crippen molar-refractivity contribution in [1.29, 1.82) is 0 Å². The van der Waals surface area contributed by atoms with E-state index < -0.39 is 16.1 Å². The first-order valence-corrected chi connectivity index (χ1v) is 9.04. The van der Waals surface area contributed by atoms with Gasteiger partial charge in [0.2, 0.25) is 0 Å². The number of benzene rings is 2. The Bertz CT molecular complexity index is 935. The fourth-order valence-corrected chi connectivity index (χ4v) is 4.35. The molecule has 24 heavy (non-hydrogen) atoms. The second kappa shape index (κ2) is 6.59. The summed E-state index contributed by atoms with van der Waals surface area (Å²) in [6, 6.07) is 17.2. The maximum atomic E-state index is 13.3. The number of hydrogen-bond acceptors (Lipinski definition) is 4. The number of sulfonamides is 1. The largest absolute Gasteiger partial charge is 0.392 e. The number of fused-ring (bicyclic) bond motifs is 1. The lowest BCUT2D eigenvalue weighted by Crippen LogP contribution is -2.36. The van der Waals surface area contributed by atoms with Gasteiger partial charge >= 0.3 is 0 Å². The van der Waals surface area contributed by atoms with Crippen LogP contribution >= 0.6 is 0 Å². The van der Waals surface area contributed by atoms with E-state index in [1.54, 1.807) is 67.7 Å². The van der Waals surface area contributed by atoms with Crippen LogP contribution < -0.4 is 4.31 Å². The van der Waals surface area contributed by atoms with Crippen molar-refractivity contribution < 1.29 is 13.5 Å². The average molecular weight is 342 g/mol. The van der Waals surface area contributed by atoms with Gasteiger partial charge in [0, 0.05) is 11.6 Å². The van der Waals surface area contributed by atoms with Gasteiger partial charge in [-0.2, -0.15) is 0 Å². The monoisotopic (exact) mass is 342 g/mol. The molecule has 0 saturated carbocycles. The smallest absolute Gasteiger partial charge is 0.265 e. The molecular weight excluding hydrogens is 324 g/mol. The molecule has 0 aliphatic rings. The summed E-state index contributed by atoms with van der Waals surface area (Å²) < 4.78 is 27.8. The Hall–Kier alpha value is -2.44. The molecule has 0 aliphatic carbocycles. The molecule has 124 valence electrons. The van der Waals surface area contributed by atoms with Crippen molar-refractivity contribution in [2.24, 2.45) is 0 Å². The van der Waals surface area contributed by atoms with Crippen LogP contribution in [0.25, 0.3) is 10.9 Å². The molecule has 1 atom stereocenters. The molecule has 1 aromatic heterocycles. The number of nitrogens with zero attached hydrogens (tertiary/aromatic N) is 2. The summed E-state index contributed by atoms with van der Waals surface area (Å²) in [6.07, 6.45) is 0.830. The molecule has 3 aromatic rings. The highest BCUT2D eigenvalue weighted by molar-refractivity contribution is 7.93. The number of pyridine rings is 1. The third-order valence-electron chi connectivity index (χ3n) is 3.65. The normalized spacial score (nSPS) is 12.9. The molecule has 0 fully saturated rings. The first kappa shape index (κ1) is 16.4. The molecule has 6 heteroatoms. The molecule has 1 heterocycles. The Morgan fingerprint density at radius 3 is 2.50 bits per heavy atom. The lowest BCUT2D eigenvalue weighted by molar-refractivity contribution is 0.204. The highest BCUT2D eigenvalue weighted by atomic mass is 32.2. The molecule has 0 unspecified atom stereocenters. The fourth-order valence-electron chi connectivity index (χ4n) is 2.60. The van der Waals surface area contributed by atoms with E-state index in [1.807, 2.05) is 6.07 Å². The van der Waals surface area contributed by atoms with Crippen LogP contribution in [0.5, 0.6) is 0 Å². The quantitative estimate of drug-likeness (QED) is 0.774. The van der Waals surface area contributed by atoms with Gasteiger partial charge in [0.15, 0.2) is 0 Å². The summed E-state index contributed by atoms with van der Waals surface area (Å²) >= 11 is 0. The van der Waals surface area contributed by atoms with Crippen LogP contribution in [0.3, 0.4) is 0 Å². The van der Waals surface area contributed by atoms with E-state index in [4.69, 9.17) is 0 Å². The fraction of sp³-hybridized carbons (Fsp3) is 0.167. The minimum Gasteiger partial charge on any atom is -0.392 e. The SMILES string of the molecule is C[C@H](O)CN(c1ccccc1)S(=O)(=O)c1cccc2ncccc12. The second-order valence-corrected chi connectivity index (χ2v) is 7.38. The van der Waals surface area contributed by atoms with E-state index in [1.165, 1.54) is 4.31 Å². The van der Waals surface area contributed by atoms with Crippen LogP contribution in [0.4, 0.5) is 5.69 Å². The van der Waals surface area contributed by atoms with Gasteiger partial charge in [-0.15, -0.1) is 0 Å². The highest BCUT2D eigenvalue weighted by Crippen LogP contribution is 2.28. The minimum absolute atomic E-state index is 0.0248. The number of hydrogen-bond donors (Lipinski definition) is 1. The Morgan fingerprint density at radius 2 is 1.79 bits per heavy atom. The Kier molecular flexibility index (Phi) is 4.51. The van der Waals surface area contributed by atoms with Crippen molar-refractivity contribution in [1.82, 2.24) is 4.98 Å². The molecule has 0 radical (unpaired) electrons. The summed E-state index contributed by atoms with van der Waals surface area (Å²) in [6.45, 7) is 1.54. The minimum atomic E-state index is -3.84. The summed E-state index contributed by atoms with van der Waals surface area (Å²) in [5.41, 5.74) is 1.13. The Labute approximate surface area is 141 Å². The maximum absolute atomic E-state index is 13.3. The van der Waals surface area contributed by atoms with Crippen molar-refractivity contribution >= 4 is 26.6 Å². The predicted molar refractivity (Wildman–Crippen MR) is 94.4 cm³/mol. The van der Waals surface area contributed by atoms with Gasteiger partial charge in [0.25, 0.3) is 10.0 Å². The summed E-state index contributed by atoms with van der Waals surface area (Å²) in [5, 5.41) is 10.4. The lowest BCUT2D eigenvalue weighted by Gasteiger charge is -2.26. The van der Waals surface area contributed by atoms with Crippen molar-refractivity contribution in [3.63, 3.8) is 0 Å². The maximum Gasteiger partial charge on any atom is 0.265 e. The van der Waals surface area contributed by atoms with Crippen LogP contribution in [0.1, 0.15) is 6.92 Å². The lowest BCUT2D eigenvalue weighted by atomic mass is 10.2. The third kappa shape index (κ3) is 3.11. The highest BCUT2D eigenvalue weighted by Gasteiger charge is 2.27. The Morgan fingerprint density at radius 1 is 1.04 bits per heavy atom. The summed E-state index contributed by atoms with van der Waals surface area (Å²) in [4.78, 5) is 4.39.